The zero-order chi connectivity index (χ0) is 13.9. The van der Waals surface area contributed by atoms with E-state index in [1.54, 1.807) is 0 Å². The fourth-order valence-corrected chi connectivity index (χ4v) is 3.21. The number of benzene rings is 1. The van der Waals surface area contributed by atoms with Crippen LogP contribution in [0.2, 0.25) is 5.02 Å². The first-order valence-corrected chi connectivity index (χ1v) is 8.27. The molecule has 0 saturated heterocycles. The van der Waals surface area contributed by atoms with Gasteiger partial charge in [0.2, 0.25) is 0 Å². The molecule has 2 saturated carbocycles. The lowest BCUT2D eigenvalue weighted by atomic mass is 9.89. The van der Waals surface area contributed by atoms with Crippen LogP contribution in [-0.4, -0.2) is 12.1 Å². The smallest absolute Gasteiger partial charge is 0.138 e. The molecule has 0 aromatic heterocycles. The second-order valence-corrected chi connectivity index (χ2v) is 6.84. The number of ether oxygens (including phenoxy) is 1. The molecule has 2 atom stereocenters. The predicted octanol–water partition coefficient (Wildman–Crippen LogP) is 4.55. The summed E-state index contributed by atoms with van der Waals surface area (Å²) < 4.78 is 6.10. The number of halogens is 1. The standard InChI is InChI=1S/C17H24ClNO/c1-12-3-2-4-15(9-12)20-17-8-5-13(10-16(17)18)11-19-14-6-7-14/h5,8,10,12,14-15,19H,2-4,6-7,9,11H2,1H3. The highest BCUT2D eigenvalue weighted by molar-refractivity contribution is 6.32. The Morgan fingerprint density at radius 2 is 2.10 bits per heavy atom. The Balaban J connectivity index is 1.58. The summed E-state index contributed by atoms with van der Waals surface area (Å²) in [6.45, 7) is 3.22. The van der Waals surface area contributed by atoms with Gasteiger partial charge < -0.3 is 10.1 Å². The molecule has 2 aliphatic rings. The van der Waals surface area contributed by atoms with Gasteiger partial charge in [0, 0.05) is 12.6 Å². The van der Waals surface area contributed by atoms with Crippen molar-refractivity contribution < 1.29 is 4.74 Å². The maximum Gasteiger partial charge on any atom is 0.138 e. The van der Waals surface area contributed by atoms with Gasteiger partial charge in [0.15, 0.2) is 0 Å². The van der Waals surface area contributed by atoms with E-state index < -0.39 is 0 Å². The lowest BCUT2D eigenvalue weighted by Gasteiger charge is -2.27. The Morgan fingerprint density at radius 1 is 1.25 bits per heavy atom. The maximum atomic E-state index is 6.36. The Bertz CT molecular complexity index is 458. The molecular weight excluding hydrogens is 270 g/mol. The topological polar surface area (TPSA) is 21.3 Å². The van der Waals surface area contributed by atoms with Crippen LogP contribution in [0.15, 0.2) is 18.2 Å². The third kappa shape index (κ3) is 3.89. The van der Waals surface area contributed by atoms with Gasteiger partial charge in [0.05, 0.1) is 11.1 Å². The molecule has 1 aromatic carbocycles. The molecule has 3 heteroatoms. The maximum absolute atomic E-state index is 6.36. The highest BCUT2D eigenvalue weighted by atomic mass is 35.5. The van der Waals surface area contributed by atoms with Crippen LogP contribution in [0.3, 0.4) is 0 Å². The SMILES string of the molecule is CC1CCCC(Oc2ccc(CNC3CC3)cc2Cl)C1. The van der Waals surface area contributed by atoms with Crippen LogP contribution >= 0.6 is 11.6 Å². The van der Waals surface area contributed by atoms with Crippen molar-refractivity contribution in [1.82, 2.24) is 5.32 Å². The van der Waals surface area contributed by atoms with Crippen LogP contribution in [0.1, 0.15) is 51.0 Å². The number of hydrogen-bond donors (Lipinski definition) is 1. The van der Waals surface area contributed by atoms with Crippen molar-refractivity contribution in [2.75, 3.05) is 0 Å². The van der Waals surface area contributed by atoms with Crippen molar-refractivity contribution in [2.24, 2.45) is 5.92 Å². The van der Waals surface area contributed by atoms with Gasteiger partial charge in [-0.2, -0.15) is 0 Å². The highest BCUT2D eigenvalue weighted by Gasteiger charge is 2.22. The summed E-state index contributed by atoms with van der Waals surface area (Å²) >= 11 is 6.36. The molecule has 0 aliphatic heterocycles. The van der Waals surface area contributed by atoms with Gasteiger partial charge in [0.25, 0.3) is 0 Å². The van der Waals surface area contributed by atoms with Gasteiger partial charge in [-0.1, -0.05) is 31.0 Å². The van der Waals surface area contributed by atoms with Crippen LogP contribution in [-0.2, 0) is 6.54 Å². The monoisotopic (exact) mass is 293 g/mol. The van der Waals surface area contributed by atoms with Gasteiger partial charge in [0.1, 0.15) is 5.75 Å². The van der Waals surface area contributed by atoms with E-state index in [0.717, 1.165) is 42.1 Å². The molecule has 0 spiro atoms. The Kier molecular flexibility index (Phi) is 4.52. The Labute approximate surface area is 126 Å². The fraction of sp³-hybridized carbons (Fsp3) is 0.647. The van der Waals surface area contributed by atoms with E-state index >= 15 is 0 Å². The Hall–Kier alpha value is -0.730. The van der Waals surface area contributed by atoms with Crippen LogP contribution in [0.4, 0.5) is 0 Å². The van der Waals surface area contributed by atoms with E-state index in [1.165, 1.54) is 31.2 Å². The summed E-state index contributed by atoms with van der Waals surface area (Å²) in [6, 6.07) is 6.93. The summed E-state index contributed by atoms with van der Waals surface area (Å²) in [6.07, 6.45) is 7.88. The molecule has 2 fully saturated rings. The van der Waals surface area contributed by atoms with Crippen LogP contribution < -0.4 is 10.1 Å². The third-order valence-electron chi connectivity index (χ3n) is 4.35. The molecule has 0 heterocycles. The van der Waals surface area contributed by atoms with E-state index in [9.17, 15) is 0 Å². The van der Waals surface area contributed by atoms with Crippen molar-refractivity contribution >= 4 is 11.6 Å². The van der Waals surface area contributed by atoms with Crippen molar-refractivity contribution in [3.8, 4) is 5.75 Å². The first-order chi connectivity index (χ1) is 9.70. The quantitative estimate of drug-likeness (QED) is 0.860. The number of nitrogens with one attached hydrogen (secondary N) is 1. The zero-order valence-corrected chi connectivity index (χ0v) is 13.0. The third-order valence-corrected chi connectivity index (χ3v) is 4.65. The Morgan fingerprint density at radius 3 is 2.80 bits per heavy atom. The molecule has 2 unspecified atom stereocenters. The van der Waals surface area contributed by atoms with Gasteiger partial charge in [-0.25, -0.2) is 0 Å². The average molecular weight is 294 g/mol. The molecule has 0 amide bonds. The second kappa shape index (κ2) is 6.36. The van der Waals surface area contributed by atoms with Crippen molar-refractivity contribution in [2.45, 2.75) is 64.1 Å². The molecule has 1 N–H and O–H groups in total. The molecular formula is C17H24ClNO. The first-order valence-electron chi connectivity index (χ1n) is 7.89. The zero-order valence-electron chi connectivity index (χ0n) is 12.2. The first kappa shape index (κ1) is 14.2. The molecule has 3 rings (SSSR count). The molecule has 0 radical (unpaired) electrons. The van der Waals surface area contributed by atoms with E-state index in [-0.39, 0.29) is 0 Å². The van der Waals surface area contributed by atoms with E-state index in [0.29, 0.717) is 6.10 Å². The summed E-state index contributed by atoms with van der Waals surface area (Å²) in [5.74, 6) is 1.62. The minimum atomic E-state index is 0.340. The van der Waals surface area contributed by atoms with E-state index in [2.05, 4.69) is 18.3 Å². The molecule has 2 aliphatic carbocycles. The normalized spacial score (nSPS) is 26.5. The lowest BCUT2D eigenvalue weighted by molar-refractivity contribution is 0.129. The highest BCUT2D eigenvalue weighted by Crippen LogP contribution is 2.32. The summed E-state index contributed by atoms with van der Waals surface area (Å²) in [5, 5.41) is 4.26. The molecule has 110 valence electrons. The van der Waals surface area contributed by atoms with Crippen molar-refractivity contribution in [1.29, 1.82) is 0 Å². The van der Waals surface area contributed by atoms with Gasteiger partial charge in [-0.3, -0.25) is 0 Å². The van der Waals surface area contributed by atoms with E-state index in [4.69, 9.17) is 16.3 Å². The minimum Gasteiger partial charge on any atom is -0.489 e. The predicted molar refractivity (Wildman–Crippen MR) is 83.4 cm³/mol. The van der Waals surface area contributed by atoms with Gasteiger partial charge in [-0.05, 0) is 55.7 Å². The molecule has 20 heavy (non-hydrogen) atoms. The van der Waals surface area contributed by atoms with Crippen LogP contribution in [0, 0.1) is 5.92 Å². The van der Waals surface area contributed by atoms with Crippen LogP contribution in [0.5, 0.6) is 5.75 Å². The molecule has 1 aromatic rings. The second-order valence-electron chi connectivity index (χ2n) is 6.43. The van der Waals surface area contributed by atoms with Crippen LogP contribution in [0.25, 0.3) is 0 Å². The van der Waals surface area contributed by atoms with Crippen molar-refractivity contribution in [3.05, 3.63) is 28.8 Å². The lowest BCUT2D eigenvalue weighted by Crippen LogP contribution is -2.24. The summed E-state index contributed by atoms with van der Waals surface area (Å²) in [4.78, 5) is 0. The summed E-state index contributed by atoms with van der Waals surface area (Å²) in [7, 11) is 0. The minimum absolute atomic E-state index is 0.340. The fourth-order valence-electron chi connectivity index (χ4n) is 2.96. The van der Waals surface area contributed by atoms with E-state index in [1.807, 2.05) is 12.1 Å². The number of rotatable bonds is 5. The molecule has 2 nitrogen and oxygen atoms in total. The van der Waals surface area contributed by atoms with Gasteiger partial charge >= 0.3 is 0 Å². The summed E-state index contributed by atoms with van der Waals surface area (Å²) in [5.41, 5.74) is 1.24. The number of hydrogen-bond acceptors (Lipinski definition) is 2. The van der Waals surface area contributed by atoms with Crippen molar-refractivity contribution in [3.63, 3.8) is 0 Å². The molecule has 0 bridgehead atoms. The average Bonchev–Trinajstić information content (AvgIpc) is 3.23. The largest absolute Gasteiger partial charge is 0.489 e. The van der Waals surface area contributed by atoms with Gasteiger partial charge in [-0.15, -0.1) is 0 Å².